The molecule has 124 valence electrons. The van der Waals surface area contributed by atoms with Crippen molar-refractivity contribution in [2.24, 2.45) is 0 Å². The maximum absolute atomic E-state index is 13.5. The number of alkyl halides is 3. The van der Waals surface area contributed by atoms with Crippen LogP contribution < -0.4 is 10.2 Å². The molecule has 0 aliphatic carbocycles. The lowest BCUT2D eigenvalue weighted by Gasteiger charge is -2.36. The fraction of sp³-hybridized carbons (Fsp3) is 0.625. The van der Waals surface area contributed by atoms with Crippen molar-refractivity contribution in [1.29, 1.82) is 0 Å². The summed E-state index contributed by atoms with van der Waals surface area (Å²) in [5, 5.41) is 3.10. The van der Waals surface area contributed by atoms with Crippen LogP contribution in [-0.2, 0) is 0 Å². The van der Waals surface area contributed by atoms with E-state index in [1.54, 1.807) is 24.3 Å². The van der Waals surface area contributed by atoms with Crippen LogP contribution >= 0.6 is 0 Å². The zero-order valence-corrected chi connectivity index (χ0v) is 13.2. The molecule has 1 aliphatic rings. The summed E-state index contributed by atoms with van der Waals surface area (Å²) in [7, 11) is 0. The first kappa shape index (κ1) is 17.1. The highest BCUT2D eigenvalue weighted by molar-refractivity contribution is 5.48. The maximum atomic E-state index is 13.5. The molecule has 2 rings (SSSR count). The van der Waals surface area contributed by atoms with E-state index in [-0.39, 0.29) is 0 Å². The zero-order valence-electron chi connectivity index (χ0n) is 13.2. The molecule has 3 nitrogen and oxygen atoms in total. The van der Waals surface area contributed by atoms with E-state index < -0.39 is 12.2 Å². The van der Waals surface area contributed by atoms with Gasteiger partial charge in [0.05, 0.1) is 0 Å². The van der Waals surface area contributed by atoms with E-state index in [4.69, 9.17) is 0 Å². The van der Waals surface area contributed by atoms with Gasteiger partial charge >= 0.3 is 6.18 Å². The largest absolute Gasteiger partial charge is 0.408 e. The minimum absolute atomic E-state index is 0.324. The van der Waals surface area contributed by atoms with Gasteiger partial charge in [-0.1, -0.05) is 12.1 Å². The molecule has 0 spiro atoms. The standard InChI is InChI=1S/C16H24F3N3/c1-3-21(4-2)14-7-5-13(6-8-14)15(16(17,18)19)22-11-9-20-10-12-22/h5-8,15,20H,3-4,9-12H2,1-2H3/t15-/m0/s1. The molecule has 1 aliphatic heterocycles. The van der Waals surface area contributed by atoms with E-state index >= 15 is 0 Å². The molecule has 1 atom stereocenters. The highest BCUT2D eigenvalue weighted by Gasteiger charge is 2.44. The summed E-state index contributed by atoms with van der Waals surface area (Å²) in [4.78, 5) is 3.64. The number of halogens is 3. The van der Waals surface area contributed by atoms with E-state index in [1.165, 1.54) is 4.90 Å². The fourth-order valence-electron chi connectivity index (χ4n) is 3.00. The Morgan fingerprint density at radius 1 is 1.09 bits per heavy atom. The van der Waals surface area contributed by atoms with Crippen LogP contribution in [0.25, 0.3) is 0 Å². The lowest BCUT2D eigenvalue weighted by Crippen LogP contribution is -2.49. The topological polar surface area (TPSA) is 18.5 Å². The fourth-order valence-corrected chi connectivity index (χ4v) is 3.00. The Balaban J connectivity index is 2.24. The number of hydrogen-bond donors (Lipinski definition) is 1. The summed E-state index contributed by atoms with van der Waals surface area (Å²) in [6.07, 6.45) is -4.26. The van der Waals surface area contributed by atoms with Gasteiger partial charge in [0, 0.05) is 45.0 Å². The van der Waals surface area contributed by atoms with Crippen molar-refractivity contribution in [2.75, 3.05) is 44.2 Å². The molecule has 22 heavy (non-hydrogen) atoms. The van der Waals surface area contributed by atoms with Crippen LogP contribution in [0, 0.1) is 0 Å². The van der Waals surface area contributed by atoms with Crippen molar-refractivity contribution in [2.45, 2.75) is 26.1 Å². The Bertz CT molecular complexity index is 449. The van der Waals surface area contributed by atoms with E-state index in [2.05, 4.69) is 10.2 Å². The van der Waals surface area contributed by atoms with Gasteiger partial charge in [0.15, 0.2) is 0 Å². The molecule has 0 bridgehead atoms. The quantitative estimate of drug-likeness (QED) is 0.901. The first-order valence-electron chi connectivity index (χ1n) is 7.83. The normalized spacial score (nSPS) is 18.2. The van der Waals surface area contributed by atoms with Crippen LogP contribution in [-0.4, -0.2) is 50.3 Å². The number of piperazine rings is 1. The molecule has 0 saturated carbocycles. The van der Waals surface area contributed by atoms with Gasteiger partial charge < -0.3 is 10.2 Å². The van der Waals surface area contributed by atoms with Gasteiger partial charge in [-0.05, 0) is 31.5 Å². The number of anilines is 1. The molecule has 1 heterocycles. The van der Waals surface area contributed by atoms with Gasteiger partial charge in [-0.2, -0.15) is 13.2 Å². The predicted octanol–water partition coefficient (Wildman–Crippen LogP) is 3.04. The SMILES string of the molecule is CCN(CC)c1ccc([C@H](N2CCNCC2)C(F)(F)F)cc1. The van der Waals surface area contributed by atoms with Crippen LogP contribution in [0.4, 0.5) is 18.9 Å². The molecule has 0 aromatic heterocycles. The predicted molar refractivity (Wildman–Crippen MR) is 83.2 cm³/mol. The molecule has 1 fully saturated rings. The average Bonchev–Trinajstić information content (AvgIpc) is 2.50. The van der Waals surface area contributed by atoms with E-state index in [1.807, 2.05) is 13.8 Å². The first-order chi connectivity index (χ1) is 10.5. The van der Waals surface area contributed by atoms with Gasteiger partial charge in [-0.15, -0.1) is 0 Å². The van der Waals surface area contributed by atoms with Gasteiger partial charge in [-0.3, -0.25) is 4.90 Å². The second kappa shape index (κ2) is 7.33. The summed E-state index contributed by atoms with van der Waals surface area (Å²) < 4.78 is 40.5. The van der Waals surface area contributed by atoms with Crippen molar-refractivity contribution in [1.82, 2.24) is 10.2 Å². The van der Waals surface area contributed by atoms with Gasteiger partial charge in [-0.25, -0.2) is 0 Å². The van der Waals surface area contributed by atoms with E-state index in [0.29, 0.717) is 31.7 Å². The number of hydrogen-bond acceptors (Lipinski definition) is 3. The smallest absolute Gasteiger partial charge is 0.372 e. The number of nitrogens with one attached hydrogen (secondary N) is 1. The molecule has 0 unspecified atom stereocenters. The third-order valence-corrected chi connectivity index (χ3v) is 4.16. The second-order valence-corrected chi connectivity index (χ2v) is 5.49. The average molecular weight is 315 g/mol. The van der Waals surface area contributed by atoms with Crippen LogP contribution in [0.1, 0.15) is 25.5 Å². The molecule has 1 aromatic carbocycles. The highest BCUT2D eigenvalue weighted by atomic mass is 19.4. The van der Waals surface area contributed by atoms with Crippen LogP contribution in [0.15, 0.2) is 24.3 Å². The Morgan fingerprint density at radius 2 is 1.64 bits per heavy atom. The van der Waals surface area contributed by atoms with Gasteiger partial charge in [0.1, 0.15) is 6.04 Å². The first-order valence-corrected chi connectivity index (χ1v) is 7.83. The van der Waals surface area contributed by atoms with Crippen molar-refractivity contribution in [3.05, 3.63) is 29.8 Å². The highest BCUT2D eigenvalue weighted by Crippen LogP contribution is 2.38. The molecule has 0 radical (unpaired) electrons. The molecule has 6 heteroatoms. The molecular weight excluding hydrogens is 291 g/mol. The van der Waals surface area contributed by atoms with Crippen LogP contribution in [0.2, 0.25) is 0 Å². The molecule has 1 saturated heterocycles. The van der Waals surface area contributed by atoms with Crippen molar-refractivity contribution >= 4 is 5.69 Å². The summed E-state index contributed by atoms with van der Waals surface area (Å²) >= 11 is 0. The Hall–Kier alpha value is -1.27. The van der Waals surface area contributed by atoms with Crippen molar-refractivity contribution in [3.63, 3.8) is 0 Å². The third kappa shape index (κ3) is 3.93. The summed E-state index contributed by atoms with van der Waals surface area (Å²) in [6, 6.07) is 5.31. The Morgan fingerprint density at radius 3 is 2.09 bits per heavy atom. The third-order valence-electron chi connectivity index (χ3n) is 4.16. The molecular formula is C16H24F3N3. The number of benzene rings is 1. The second-order valence-electron chi connectivity index (χ2n) is 5.49. The Kier molecular flexibility index (Phi) is 5.69. The lowest BCUT2D eigenvalue weighted by atomic mass is 10.0. The molecule has 1 aromatic rings. The summed E-state index contributed by atoms with van der Waals surface area (Å²) in [6.45, 7) is 7.80. The van der Waals surface area contributed by atoms with Crippen LogP contribution in [0.3, 0.4) is 0 Å². The summed E-state index contributed by atoms with van der Waals surface area (Å²) in [5.74, 6) is 0. The van der Waals surface area contributed by atoms with Crippen LogP contribution in [0.5, 0.6) is 0 Å². The van der Waals surface area contributed by atoms with E-state index in [9.17, 15) is 13.2 Å². The maximum Gasteiger partial charge on any atom is 0.408 e. The van der Waals surface area contributed by atoms with Gasteiger partial charge in [0.2, 0.25) is 0 Å². The zero-order chi connectivity index (χ0) is 16.2. The monoisotopic (exact) mass is 315 g/mol. The molecule has 1 N–H and O–H groups in total. The minimum Gasteiger partial charge on any atom is -0.372 e. The number of nitrogens with zero attached hydrogens (tertiary/aromatic N) is 2. The van der Waals surface area contributed by atoms with E-state index in [0.717, 1.165) is 18.8 Å². The van der Waals surface area contributed by atoms with Crippen molar-refractivity contribution < 1.29 is 13.2 Å². The van der Waals surface area contributed by atoms with Crippen molar-refractivity contribution in [3.8, 4) is 0 Å². The molecule has 0 amide bonds. The Labute approximate surface area is 130 Å². The number of rotatable bonds is 5. The summed E-state index contributed by atoms with van der Waals surface area (Å²) in [5.41, 5.74) is 1.29. The minimum atomic E-state index is -4.26. The van der Waals surface area contributed by atoms with Gasteiger partial charge in [0.25, 0.3) is 0 Å². The lowest BCUT2D eigenvalue weighted by molar-refractivity contribution is -0.187.